The number of thioether (sulfide) groups is 1. The van der Waals surface area contributed by atoms with E-state index in [-0.39, 0.29) is 0 Å². The molecule has 2 rings (SSSR count). The van der Waals surface area contributed by atoms with Crippen molar-refractivity contribution in [2.24, 2.45) is 5.73 Å². The maximum atomic E-state index is 5.76. The zero-order chi connectivity index (χ0) is 11.2. The molecule has 3 heteroatoms. The average Bonchev–Trinajstić information content (AvgIpc) is 2.58. The molecule has 1 aliphatic rings. The monoisotopic (exact) mass is 236 g/mol. The summed E-state index contributed by atoms with van der Waals surface area (Å²) in [6, 6.07) is 8.53. The first-order valence-electron chi connectivity index (χ1n) is 5.97. The molecule has 1 aromatic rings. The van der Waals surface area contributed by atoms with Crippen LogP contribution in [-0.2, 0) is 13.1 Å². The Labute approximate surface area is 102 Å². The number of hydrogen-bond donors (Lipinski definition) is 1. The van der Waals surface area contributed by atoms with Crippen molar-refractivity contribution in [2.45, 2.75) is 19.5 Å². The molecule has 88 valence electrons. The molecule has 0 radical (unpaired) electrons. The van der Waals surface area contributed by atoms with E-state index in [1.165, 1.54) is 42.1 Å². The van der Waals surface area contributed by atoms with E-state index in [0.717, 1.165) is 6.54 Å². The van der Waals surface area contributed by atoms with E-state index < -0.39 is 0 Å². The Hall–Kier alpha value is -0.510. The molecule has 1 heterocycles. The lowest BCUT2D eigenvalue weighted by molar-refractivity contribution is 0.286. The van der Waals surface area contributed by atoms with Crippen LogP contribution in [0.4, 0.5) is 0 Å². The summed E-state index contributed by atoms with van der Waals surface area (Å²) in [6.07, 6.45) is 1.31. The van der Waals surface area contributed by atoms with Crippen LogP contribution in [0, 0.1) is 0 Å². The van der Waals surface area contributed by atoms with Gasteiger partial charge >= 0.3 is 0 Å². The lowest BCUT2D eigenvalue weighted by Crippen LogP contribution is -2.26. The minimum Gasteiger partial charge on any atom is -0.326 e. The maximum absolute atomic E-state index is 5.76. The van der Waals surface area contributed by atoms with Gasteiger partial charge in [0.25, 0.3) is 0 Å². The standard InChI is InChI=1S/C13H20N2S/c14-10-12-4-1-2-5-13(12)11-15-6-3-8-16-9-7-15/h1-2,4-5H,3,6-11,14H2. The zero-order valence-corrected chi connectivity index (χ0v) is 10.5. The van der Waals surface area contributed by atoms with E-state index >= 15 is 0 Å². The van der Waals surface area contributed by atoms with Gasteiger partial charge in [0.2, 0.25) is 0 Å². The van der Waals surface area contributed by atoms with E-state index in [2.05, 4.69) is 40.9 Å². The summed E-state index contributed by atoms with van der Waals surface area (Å²) in [6.45, 7) is 4.15. The van der Waals surface area contributed by atoms with Crippen LogP contribution >= 0.6 is 11.8 Å². The Morgan fingerprint density at radius 2 is 1.94 bits per heavy atom. The van der Waals surface area contributed by atoms with E-state index in [1.54, 1.807) is 0 Å². The number of nitrogens with zero attached hydrogens (tertiary/aromatic N) is 1. The Morgan fingerprint density at radius 1 is 1.12 bits per heavy atom. The van der Waals surface area contributed by atoms with Gasteiger partial charge in [-0.3, -0.25) is 4.90 Å². The Balaban J connectivity index is 2.01. The van der Waals surface area contributed by atoms with Gasteiger partial charge in [-0.25, -0.2) is 0 Å². The average molecular weight is 236 g/mol. The summed E-state index contributed by atoms with van der Waals surface area (Å²) in [5.74, 6) is 2.58. The minimum absolute atomic E-state index is 0.652. The first kappa shape index (κ1) is 12.0. The van der Waals surface area contributed by atoms with Gasteiger partial charge in [-0.2, -0.15) is 11.8 Å². The van der Waals surface area contributed by atoms with Gasteiger partial charge in [-0.05, 0) is 29.8 Å². The molecule has 1 aromatic carbocycles. The second-order valence-corrected chi connectivity index (χ2v) is 5.44. The second kappa shape index (κ2) is 6.28. The maximum Gasteiger partial charge on any atom is 0.0237 e. The third-order valence-electron chi connectivity index (χ3n) is 3.05. The van der Waals surface area contributed by atoms with Crippen molar-refractivity contribution >= 4 is 11.8 Å². The van der Waals surface area contributed by atoms with Crippen LogP contribution < -0.4 is 5.73 Å². The predicted octanol–water partition coefficient (Wildman–Crippen LogP) is 2.08. The fraction of sp³-hybridized carbons (Fsp3) is 0.538. The Morgan fingerprint density at radius 3 is 2.75 bits per heavy atom. The highest BCUT2D eigenvalue weighted by Gasteiger charge is 2.10. The molecule has 0 unspecified atom stereocenters. The van der Waals surface area contributed by atoms with Gasteiger partial charge in [-0.15, -0.1) is 0 Å². The Kier molecular flexibility index (Phi) is 4.69. The molecular weight excluding hydrogens is 216 g/mol. The first-order valence-corrected chi connectivity index (χ1v) is 7.12. The topological polar surface area (TPSA) is 29.3 Å². The number of rotatable bonds is 3. The summed E-state index contributed by atoms with van der Waals surface area (Å²) in [5.41, 5.74) is 8.46. The summed E-state index contributed by atoms with van der Waals surface area (Å²) in [5, 5.41) is 0. The molecule has 0 saturated carbocycles. The number of hydrogen-bond acceptors (Lipinski definition) is 3. The van der Waals surface area contributed by atoms with E-state index in [1.807, 2.05) is 0 Å². The van der Waals surface area contributed by atoms with Crippen molar-refractivity contribution in [3.8, 4) is 0 Å². The molecule has 1 fully saturated rings. The van der Waals surface area contributed by atoms with Crippen molar-refractivity contribution in [1.29, 1.82) is 0 Å². The van der Waals surface area contributed by atoms with Crippen molar-refractivity contribution < 1.29 is 0 Å². The molecule has 0 aromatic heterocycles. The largest absolute Gasteiger partial charge is 0.326 e. The van der Waals surface area contributed by atoms with Crippen LogP contribution in [0.2, 0.25) is 0 Å². The lowest BCUT2D eigenvalue weighted by Gasteiger charge is -2.20. The van der Waals surface area contributed by atoms with Crippen LogP contribution in [0.15, 0.2) is 24.3 Å². The minimum atomic E-state index is 0.652. The van der Waals surface area contributed by atoms with Crippen LogP contribution in [0.3, 0.4) is 0 Å². The lowest BCUT2D eigenvalue weighted by atomic mass is 10.1. The zero-order valence-electron chi connectivity index (χ0n) is 9.69. The SMILES string of the molecule is NCc1ccccc1CN1CCCSCC1. The molecule has 1 saturated heterocycles. The van der Waals surface area contributed by atoms with Crippen molar-refractivity contribution in [2.75, 3.05) is 24.6 Å². The molecule has 0 aliphatic carbocycles. The van der Waals surface area contributed by atoms with Crippen molar-refractivity contribution in [3.63, 3.8) is 0 Å². The predicted molar refractivity (Wildman–Crippen MR) is 71.6 cm³/mol. The fourth-order valence-electron chi connectivity index (χ4n) is 2.11. The van der Waals surface area contributed by atoms with Gasteiger partial charge in [-0.1, -0.05) is 24.3 Å². The summed E-state index contributed by atoms with van der Waals surface area (Å²) in [7, 11) is 0. The highest BCUT2D eigenvalue weighted by Crippen LogP contribution is 2.15. The molecule has 0 spiro atoms. The first-order chi connectivity index (χ1) is 7.90. The van der Waals surface area contributed by atoms with Crippen molar-refractivity contribution in [1.82, 2.24) is 4.90 Å². The molecule has 16 heavy (non-hydrogen) atoms. The molecular formula is C13H20N2S. The van der Waals surface area contributed by atoms with Crippen LogP contribution in [0.1, 0.15) is 17.5 Å². The molecule has 0 amide bonds. The molecule has 2 nitrogen and oxygen atoms in total. The third kappa shape index (κ3) is 3.24. The normalized spacial score (nSPS) is 18.3. The van der Waals surface area contributed by atoms with Gasteiger partial charge in [0.15, 0.2) is 0 Å². The van der Waals surface area contributed by atoms with Crippen LogP contribution in [0.25, 0.3) is 0 Å². The molecule has 0 atom stereocenters. The highest BCUT2D eigenvalue weighted by atomic mass is 32.2. The van der Waals surface area contributed by atoms with Gasteiger partial charge in [0, 0.05) is 25.4 Å². The number of benzene rings is 1. The van der Waals surface area contributed by atoms with E-state index in [9.17, 15) is 0 Å². The highest BCUT2D eigenvalue weighted by molar-refractivity contribution is 7.99. The summed E-state index contributed by atoms with van der Waals surface area (Å²) in [4.78, 5) is 2.55. The van der Waals surface area contributed by atoms with E-state index in [4.69, 9.17) is 5.73 Å². The Bertz CT molecular complexity index is 319. The number of nitrogens with two attached hydrogens (primary N) is 1. The van der Waals surface area contributed by atoms with Crippen LogP contribution in [-0.4, -0.2) is 29.5 Å². The van der Waals surface area contributed by atoms with Gasteiger partial charge in [0.05, 0.1) is 0 Å². The third-order valence-corrected chi connectivity index (χ3v) is 4.10. The smallest absolute Gasteiger partial charge is 0.0237 e. The van der Waals surface area contributed by atoms with Crippen LogP contribution in [0.5, 0.6) is 0 Å². The van der Waals surface area contributed by atoms with E-state index in [0.29, 0.717) is 6.54 Å². The van der Waals surface area contributed by atoms with Gasteiger partial charge in [0.1, 0.15) is 0 Å². The van der Waals surface area contributed by atoms with Gasteiger partial charge < -0.3 is 5.73 Å². The summed E-state index contributed by atoms with van der Waals surface area (Å²) >= 11 is 2.07. The summed E-state index contributed by atoms with van der Waals surface area (Å²) < 4.78 is 0. The fourth-order valence-corrected chi connectivity index (χ4v) is 3.03. The molecule has 2 N–H and O–H groups in total. The molecule has 0 bridgehead atoms. The quantitative estimate of drug-likeness (QED) is 0.871. The van der Waals surface area contributed by atoms with Crippen molar-refractivity contribution in [3.05, 3.63) is 35.4 Å². The second-order valence-electron chi connectivity index (χ2n) is 4.21. The molecule has 1 aliphatic heterocycles.